The van der Waals surface area contributed by atoms with E-state index in [-0.39, 0.29) is 55.6 Å². The Bertz CT molecular complexity index is 837. The zero-order chi connectivity index (χ0) is 19.9. The summed E-state index contributed by atoms with van der Waals surface area (Å²) in [6, 6.07) is 12.0. The maximum Gasteiger partial charge on any atom is 2.00 e. The number of aromatic nitrogens is 3. The van der Waals surface area contributed by atoms with Crippen LogP contribution in [0.3, 0.4) is 0 Å². The molecule has 9 N–H and O–H groups in total. The van der Waals surface area contributed by atoms with Crippen LogP contribution in [-0.4, -0.2) is 48.1 Å². The molecule has 0 bridgehead atoms. The Kier molecular flexibility index (Phi) is 15.3. The van der Waals surface area contributed by atoms with Crippen molar-refractivity contribution < 1.29 is 62.9 Å². The van der Waals surface area contributed by atoms with E-state index in [1.165, 1.54) is 24.5 Å². The molecule has 12 nitrogen and oxygen atoms in total. The minimum Gasteiger partial charge on any atom is -0.545 e. The van der Waals surface area contributed by atoms with Gasteiger partial charge in [-0.3, -0.25) is 15.0 Å². The van der Waals surface area contributed by atoms with Crippen LogP contribution in [0.1, 0.15) is 32.2 Å². The summed E-state index contributed by atoms with van der Waals surface area (Å²) in [5.74, 6) is -4.98. The number of carbonyl (C=O) groups is 2. The molecule has 0 aromatic carbocycles. The SMILES string of the molecule is O.O.O=C([O-])c1ccc(C(=O)[O-])nc1.OC(O)(c1ccccn1)c1ccccn1.[Ni+2].[OH3+]. The Hall–Kier alpha value is -3.32. The predicted octanol–water partition coefficient (Wildman–Crippen LogP) is -4.10. The number of aliphatic hydroxyl groups is 2. The molecule has 170 valence electrons. The zero-order valence-electron chi connectivity index (χ0n) is 15.6. The normalized spacial score (nSPS) is 9.10. The molecule has 3 heterocycles. The van der Waals surface area contributed by atoms with E-state index in [2.05, 4.69) is 15.0 Å². The van der Waals surface area contributed by atoms with Gasteiger partial charge < -0.3 is 46.4 Å². The van der Waals surface area contributed by atoms with Crippen molar-refractivity contribution in [2.75, 3.05) is 0 Å². The first-order chi connectivity index (χ1) is 12.8. The molecule has 13 heteroatoms. The van der Waals surface area contributed by atoms with E-state index in [0.717, 1.165) is 18.3 Å². The molecule has 3 rings (SSSR count). The van der Waals surface area contributed by atoms with Crippen LogP contribution in [0, 0.1) is 0 Å². The number of aromatic carboxylic acids is 2. The van der Waals surface area contributed by atoms with Crippen molar-refractivity contribution >= 4 is 11.9 Å². The van der Waals surface area contributed by atoms with Crippen molar-refractivity contribution in [3.05, 3.63) is 89.8 Å². The van der Waals surface area contributed by atoms with Crippen LogP contribution in [-0.2, 0) is 27.8 Å². The Labute approximate surface area is 185 Å². The largest absolute Gasteiger partial charge is 2.00 e. The van der Waals surface area contributed by atoms with Crippen LogP contribution < -0.4 is 10.2 Å². The van der Waals surface area contributed by atoms with Crippen molar-refractivity contribution in [3.63, 3.8) is 0 Å². The van der Waals surface area contributed by atoms with Crippen LogP contribution in [0.4, 0.5) is 0 Å². The average Bonchev–Trinajstić information content (AvgIpc) is 2.70. The van der Waals surface area contributed by atoms with Crippen LogP contribution in [0.15, 0.2) is 67.1 Å². The van der Waals surface area contributed by atoms with Gasteiger partial charge in [-0.2, -0.15) is 0 Å². The second-order valence-electron chi connectivity index (χ2n) is 5.11. The monoisotopic (exact) mass is 480 g/mol. The maximum atomic E-state index is 10.2. The van der Waals surface area contributed by atoms with Gasteiger partial charge in [-0.05, 0) is 36.4 Å². The van der Waals surface area contributed by atoms with Crippen LogP contribution >= 0.6 is 0 Å². The molecule has 0 aliphatic heterocycles. The number of rotatable bonds is 4. The smallest absolute Gasteiger partial charge is 0.545 e. The van der Waals surface area contributed by atoms with Gasteiger partial charge in [0.1, 0.15) is 11.4 Å². The van der Waals surface area contributed by atoms with E-state index in [4.69, 9.17) is 0 Å². The Morgan fingerprint density at radius 1 is 0.774 bits per heavy atom. The molecule has 31 heavy (non-hydrogen) atoms. The molecule has 0 radical (unpaired) electrons. The number of carboxylic acids is 2. The minimum absolute atomic E-state index is 0. The van der Waals surface area contributed by atoms with E-state index in [1.54, 1.807) is 24.3 Å². The number of nitrogens with zero attached hydrogens (tertiary/aromatic N) is 3. The molecular weight excluding hydrogens is 461 g/mol. The van der Waals surface area contributed by atoms with Crippen molar-refractivity contribution in [2.24, 2.45) is 0 Å². The van der Waals surface area contributed by atoms with E-state index in [9.17, 15) is 30.0 Å². The van der Waals surface area contributed by atoms with Gasteiger partial charge in [0.2, 0.25) is 0 Å². The summed E-state index contributed by atoms with van der Waals surface area (Å²) in [5, 5.41) is 40.1. The molecule has 0 saturated heterocycles. The first kappa shape index (κ1) is 32.4. The summed E-state index contributed by atoms with van der Waals surface area (Å²) in [6.45, 7) is 0. The van der Waals surface area contributed by atoms with Crippen molar-refractivity contribution in [2.45, 2.75) is 5.79 Å². The van der Waals surface area contributed by atoms with E-state index in [0.29, 0.717) is 0 Å². The maximum absolute atomic E-state index is 10.2. The third-order valence-corrected chi connectivity index (χ3v) is 3.25. The third-order valence-electron chi connectivity index (χ3n) is 3.25. The first-order valence-electron chi connectivity index (χ1n) is 7.49. The molecule has 0 fully saturated rings. The average molecular weight is 481 g/mol. The summed E-state index contributed by atoms with van der Waals surface area (Å²) in [5.41, 5.74) is -0.160. The fourth-order valence-electron chi connectivity index (χ4n) is 1.90. The molecule has 3 aromatic rings. The molecule has 0 atom stereocenters. The standard InChI is InChI=1S/C11H10N2O2.C7H5NO4.Ni.3H2O/c14-11(15,9-5-1-3-7-12-9)10-6-2-4-8-13-10;9-6(10)4-1-2-5(7(11)12)8-3-4;;;;/h1-8,14-15H;1-3H,(H,9,10)(H,11,12);;3*1H2/q;;+2;;;/p-1. The van der Waals surface area contributed by atoms with Crippen LogP contribution in [0.5, 0.6) is 0 Å². The number of hydrogen-bond donors (Lipinski definition) is 2. The summed E-state index contributed by atoms with van der Waals surface area (Å²) >= 11 is 0. The molecule has 0 aliphatic carbocycles. The number of hydrogen-bond acceptors (Lipinski definition) is 9. The minimum atomic E-state index is -2.14. The quantitative estimate of drug-likeness (QED) is 0.208. The van der Waals surface area contributed by atoms with Gasteiger partial charge in [0.25, 0.3) is 5.79 Å². The number of carbonyl (C=O) groups excluding carboxylic acids is 2. The van der Waals surface area contributed by atoms with E-state index in [1.807, 2.05) is 0 Å². The number of carboxylic acid groups (broad SMARTS) is 2. The van der Waals surface area contributed by atoms with Gasteiger partial charge in [-0.1, -0.05) is 12.1 Å². The molecule has 0 spiro atoms. The summed E-state index contributed by atoms with van der Waals surface area (Å²) in [4.78, 5) is 31.4. The zero-order valence-corrected chi connectivity index (χ0v) is 16.6. The number of pyridine rings is 3. The molecular formula is C18H20N3NiO9+. The summed E-state index contributed by atoms with van der Waals surface area (Å²) in [7, 11) is 0. The summed E-state index contributed by atoms with van der Waals surface area (Å²) in [6.07, 6.45) is 3.90. The van der Waals surface area contributed by atoms with Gasteiger partial charge >= 0.3 is 16.5 Å². The van der Waals surface area contributed by atoms with Gasteiger partial charge in [0.15, 0.2) is 0 Å². The fourth-order valence-corrected chi connectivity index (χ4v) is 1.90. The summed E-state index contributed by atoms with van der Waals surface area (Å²) < 4.78 is 0. The van der Waals surface area contributed by atoms with Gasteiger partial charge in [0.05, 0.1) is 17.6 Å². The van der Waals surface area contributed by atoms with E-state index >= 15 is 0 Å². The Morgan fingerprint density at radius 3 is 1.55 bits per heavy atom. The topological polar surface area (TPSA) is 255 Å². The molecule has 3 aromatic heterocycles. The van der Waals surface area contributed by atoms with Gasteiger partial charge in [0, 0.05) is 24.2 Å². The van der Waals surface area contributed by atoms with E-state index < -0.39 is 17.7 Å². The first-order valence-corrected chi connectivity index (χ1v) is 7.49. The van der Waals surface area contributed by atoms with Crippen molar-refractivity contribution in [3.8, 4) is 0 Å². The fraction of sp³-hybridized carbons (Fsp3) is 0.0556. The third kappa shape index (κ3) is 8.92. The second kappa shape index (κ2) is 14.6. The molecule has 0 amide bonds. The predicted molar refractivity (Wildman–Crippen MR) is 98.7 cm³/mol. The van der Waals surface area contributed by atoms with Crippen molar-refractivity contribution in [1.82, 2.24) is 15.0 Å². The van der Waals surface area contributed by atoms with Gasteiger partial charge in [-0.15, -0.1) is 0 Å². The second-order valence-corrected chi connectivity index (χ2v) is 5.11. The van der Waals surface area contributed by atoms with Crippen LogP contribution in [0.2, 0.25) is 0 Å². The Balaban J connectivity index is -0.000000457. The van der Waals surface area contributed by atoms with Crippen molar-refractivity contribution in [1.29, 1.82) is 0 Å². The Morgan fingerprint density at radius 2 is 1.26 bits per heavy atom. The van der Waals surface area contributed by atoms with Crippen LogP contribution in [0.25, 0.3) is 0 Å². The molecule has 0 aliphatic rings. The molecule has 0 unspecified atom stereocenters. The molecule has 0 saturated carbocycles. The van der Waals surface area contributed by atoms with Gasteiger partial charge in [-0.25, -0.2) is 0 Å².